The molecule has 1 heterocycles. The Balaban J connectivity index is 2.53. The summed E-state index contributed by atoms with van der Waals surface area (Å²) >= 11 is 0. The molecule has 9 nitrogen and oxygen atoms in total. The van der Waals surface area contributed by atoms with Crippen molar-refractivity contribution in [3.63, 3.8) is 0 Å². The molecule has 0 saturated heterocycles. The Morgan fingerprint density at radius 2 is 1.68 bits per heavy atom. The summed E-state index contributed by atoms with van der Waals surface area (Å²) in [5.74, 6) is -0.125. The Morgan fingerprint density at radius 3 is 2.26 bits per heavy atom. The Bertz CT molecular complexity index is 915. The van der Waals surface area contributed by atoms with Crippen molar-refractivity contribution in [2.45, 2.75) is 65.1 Å². The molecule has 34 heavy (non-hydrogen) atoms. The molecule has 1 aliphatic rings. The number of rotatable bonds is 6. The van der Waals surface area contributed by atoms with Gasteiger partial charge in [0, 0.05) is 24.3 Å². The first-order valence-electron chi connectivity index (χ1n) is 11.7. The molecule has 1 aromatic carbocycles. The predicted octanol–water partition coefficient (Wildman–Crippen LogP) is 1.74. The van der Waals surface area contributed by atoms with Crippen LogP contribution in [0.4, 0.5) is 0 Å². The average molecular weight is 475 g/mol. The summed E-state index contributed by atoms with van der Waals surface area (Å²) in [5.41, 5.74) is 7.63. The fraction of sp³-hybridized carbons (Fsp3) is 0.560. The van der Waals surface area contributed by atoms with Crippen LogP contribution in [0.5, 0.6) is 11.5 Å². The van der Waals surface area contributed by atoms with Crippen LogP contribution in [-0.4, -0.2) is 50.1 Å². The Hall–Kier alpha value is -3.07. The van der Waals surface area contributed by atoms with E-state index in [1.54, 1.807) is 12.1 Å². The fourth-order valence-corrected chi connectivity index (χ4v) is 3.85. The molecule has 1 aromatic rings. The van der Waals surface area contributed by atoms with Gasteiger partial charge >= 0.3 is 0 Å². The van der Waals surface area contributed by atoms with Crippen molar-refractivity contribution >= 4 is 23.8 Å². The largest absolute Gasteiger partial charge is 0.496 e. The van der Waals surface area contributed by atoms with Crippen LogP contribution >= 0.6 is 0 Å². The summed E-state index contributed by atoms with van der Waals surface area (Å²) in [6.07, 6.45) is 4.51. The van der Waals surface area contributed by atoms with Crippen LogP contribution in [0.3, 0.4) is 0 Å². The third kappa shape index (κ3) is 6.96. The number of amides is 3. The molecular weight excluding hydrogens is 436 g/mol. The number of carbonyl (C=O) groups is 3. The number of hydrogen-bond donors (Lipinski definition) is 4. The van der Waals surface area contributed by atoms with Crippen LogP contribution in [0.15, 0.2) is 18.3 Å². The smallest absolute Gasteiger partial charge is 0.246 e. The van der Waals surface area contributed by atoms with E-state index in [0.717, 1.165) is 0 Å². The van der Waals surface area contributed by atoms with E-state index in [1.165, 1.54) is 20.4 Å². The Morgan fingerprint density at radius 1 is 1.00 bits per heavy atom. The average Bonchev–Trinajstić information content (AvgIpc) is 2.80. The van der Waals surface area contributed by atoms with Crippen LogP contribution < -0.4 is 31.2 Å². The first-order valence-corrected chi connectivity index (χ1v) is 11.7. The van der Waals surface area contributed by atoms with Crippen LogP contribution in [0.25, 0.3) is 6.08 Å². The van der Waals surface area contributed by atoms with Crippen molar-refractivity contribution in [2.24, 2.45) is 17.6 Å². The van der Waals surface area contributed by atoms with Crippen molar-refractivity contribution in [2.75, 3.05) is 14.2 Å². The fourth-order valence-electron chi connectivity index (χ4n) is 3.85. The number of fused-ring (bicyclic) bond motifs is 2. The summed E-state index contributed by atoms with van der Waals surface area (Å²) < 4.78 is 10.9. The van der Waals surface area contributed by atoms with E-state index >= 15 is 0 Å². The van der Waals surface area contributed by atoms with E-state index < -0.39 is 29.9 Å². The van der Waals surface area contributed by atoms with Gasteiger partial charge in [-0.2, -0.15) is 0 Å². The van der Waals surface area contributed by atoms with Gasteiger partial charge in [-0.25, -0.2) is 0 Å². The van der Waals surface area contributed by atoms with E-state index in [0.29, 0.717) is 35.5 Å². The second kappa shape index (κ2) is 12.4. The normalized spacial score (nSPS) is 22.7. The zero-order valence-corrected chi connectivity index (χ0v) is 20.9. The summed E-state index contributed by atoms with van der Waals surface area (Å²) in [5, 5.41) is 8.39. The quantitative estimate of drug-likeness (QED) is 0.497. The van der Waals surface area contributed by atoms with Crippen molar-refractivity contribution in [1.29, 1.82) is 0 Å². The van der Waals surface area contributed by atoms with Gasteiger partial charge in [-0.1, -0.05) is 34.1 Å². The minimum atomic E-state index is -0.908. The Kier molecular flexibility index (Phi) is 9.92. The molecule has 0 saturated carbocycles. The summed E-state index contributed by atoms with van der Waals surface area (Å²) in [6.45, 7) is 7.76. The van der Waals surface area contributed by atoms with Gasteiger partial charge in [0.15, 0.2) is 0 Å². The van der Waals surface area contributed by atoms with Gasteiger partial charge in [0.1, 0.15) is 23.6 Å². The van der Waals surface area contributed by atoms with Crippen LogP contribution in [0.1, 0.15) is 51.7 Å². The SMILES string of the molecule is CC[C@H](C)[C@@H]1NC(=O)[C@@H](N)Cc2cc(c(OC)cc2OC)C=CNC(=O)[C@@H](CC(C)C)NC1=O. The first-order chi connectivity index (χ1) is 16.1. The van der Waals surface area contributed by atoms with Crippen molar-refractivity contribution in [3.8, 4) is 11.5 Å². The van der Waals surface area contributed by atoms with E-state index in [9.17, 15) is 14.4 Å². The topological polar surface area (TPSA) is 132 Å². The molecule has 0 spiro atoms. The lowest BCUT2D eigenvalue weighted by atomic mass is 9.96. The highest BCUT2D eigenvalue weighted by Gasteiger charge is 2.31. The van der Waals surface area contributed by atoms with Gasteiger partial charge < -0.3 is 31.2 Å². The number of ether oxygens (including phenoxy) is 2. The molecule has 0 aliphatic carbocycles. The summed E-state index contributed by atoms with van der Waals surface area (Å²) in [7, 11) is 3.07. The lowest BCUT2D eigenvalue weighted by Crippen LogP contribution is -2.57. The van der Waals surface area contributed by atoms with Crippen LogP contribution in [-0.2, 0) is 20.8 Å². The number of nitrogens with one attached hydrogen (secondary N) is 3. The van der Waals surface area contributed by atoms with Crippen LogP contribution in [0, 0.1) is 11.8 Å². The van der Waals surface area contributed by atoms with Gasteiger partial charge in [-0.15, -0.1) is 0 Å². The molecule has 2 bridgehead atoms. The van der Waals surface area contributed by atoms with Crippen LogP contribution in [0.2, 0.25) is 0 Å². The number of nitrogens with two attached hydrogens (primary N) is 1. The zero-order valence-electron chi connectivity index (χ0n) is 20.9. The molecule has 1 aliphatic heterocycles. The zero-order chi connectivity index (χ0) is 25.4. The molecule has 3 amide bonds. The van der Waals surface area contributed by atoms with E-state index in [1.807, 2.05) is 33.8 Å². The van der Waals surface area contributed by atoms with E-state index in [2.05, 4.69) is 16.0 Å². The van der Waals surface area contributed by atoms with Gasteiger partial charge in [0.25, 0.3) is 0 Å². The van der Waals surface area contributed by atoms with Crippen molar-refractivity contribution in [1.82, 2.24) is 16.0 Å². The number of carbonyl (C=O) groups excluding carboxylic acids is 3. The lowest BCUT2D eigenvalue weighted by Gasteiger charge is -2.27. The molecule has 188 valence electrons. The van der Waals surface area contributed by atoms with Gasteiger partial charge in [0.2, 0.25) is 17.7 Å². The maximum atomic E-state index is 13.2. The maximum Gasteiger partial charge on any atom is 0.246 e. The van der Waals surface area contributed by atoms with Gasteiger partial charge in [-0.05, 0) is 36.0 Å². The molecule has 2 rings (SSSR count). The third-order valence-corrected chi connectivity index (χ3v) is 6.03. The monoisotopic (exact) mass is 474 g/mol. The molecule has 0 unspecified atom stereocenters. The lowest BCUT2D eigenvalue weighted by molar-refractivity contribution is -0.133. The second-order valence-electron chi connectivity index (χ2n) is 9.12. The predicted molar refractivity (Wildman–Crippen MR) is 131 cm³/mol. The number of hydrogen-bond acceptors (Lipinski definition) is 6. The molecule has 0 fully saturated rings. The standard InChI is InChI=1S/C25H38N4O5/c1-7-15(4)22-25(32)28-19(10-14(2)3)24(31)27-9-8-16-11-17(12-18(26)23(30)29-22)21(34-6)13-20(16)33-5/h8-9,11,13-15,18-19,22H,7,10,12,26H2,1-6H3,(H,27,31)(H,28,32)(H,29,30)/t15-,18-,19+,22-/m0/s1. The highest BCUT2D eigenvalue weighted by atomic mass is 16.5. The van der Waals surface area contributed by atoms with Crippen molar-refractivity contribution in [3.05, 3.63) is 29.5 Å². The number of methoxy groups -OCH3 is 2. The van der Waals surface area contributed by atoms with Gasteiger partial charge in [0.05, 0.1) is 20.3 Å². The summed E-state index contributed by atoms with van der Waals surface area (Å²) in [4.78, 5) is 39.1. The van der Waals surface area contributed by atoms with Gasteiger partial charge in [-0.3, -0.25) is 14.4 Å². The highest BCUT2D eigenvalue weighted by molar-refractivity contribution is 5.93. The van der Waals surface area contributed by atoms with Crippen molar-refractivity contribution < 1.29 is 23.9 Å². The molecule has 5 N–H and O–H groups in total. The third-order valence-electron chi connectivity index (χ3n) is 6.03. The molecular formula is C25H38N4O5. The van der Waals surface area contributed by atoms with E-state index in [-0.39, 0.29) is 24.2 Å². The first kappa shape index (κ1) is 27.2. The maximum absolute atomic E-state index is 13.2. The molecule has 9 heteroatoms. The minimum Gasteiger partial charge on any atom is -0.496 e. The number of benzene rings is 1. The molecule has 0 radical (unpaired) electrons. The minimum absolute atomic E-state index is 0.156. The molecule has 4 atom stereocenters. The highest BCUT2D eigenvalue weighted by Crippen LogP contribution is 2.31. The Labute approximate surface area is 201 Å². The van der Waals surface area contributed by atoms with E-state index in [4.69, 9.17) is 15.2 Å². The summed E-state index contributed by atoms with van der Waals surface area (Å²) in [6, 6.07) is 1.05. The molecule has 0 aromatic heterocycles. The second-order valence-corrected chi connectivity index (χ2v) is 9.12.